The molecule has 0 spiro atoms. The lowest BCUT2D eigenvalue weighted by molar-refractivity contribution is 1.26. The maximum Gasteiger partial charge on any atom is 0.179 e. The Bertz CT molecular complexity index is 551. The second-order valence-electron chi connectivity index (χ2n) is 2.42. The summed E-state index contributed by atoms with van der Waals surface area (Å²) >= 11 is 13.9. The third kappa shape index (κ3) is 2.88. The van der Waals surface area contributed by atoms with Crippen LogP contribution < -0.4 is 4.67 Å². The largest absolute Gasteiger partial charge is 0.241 e. The molecule has 8 heteroatoms. The molecule has 2 aromatic heterocycles. The van der Waals surface area contributed by atoms with E-state index in [0.717, 1.165) is 3.57 Å². The van der Waals surface area contributed by atoms with E-state index >= 15 is 0 Å². The van der Waals surface area contributed by atoms with Crippen molar-refractivity contribution in [1.29, 1.82) is 0 Å². The van der Waals surface area contributed by atoms with Crippen molar-refractivity contribution in [3.05, 3.63) is 30.8 Å². The molecule has 78 valence electrons. The molecule has 2 rings (SSSR count). The van der Waals surface area contributed by atoms with Gasteiger partial charge >= 0.3 is 0 Å². The van der Waals surface area contributed by atoms with Crippen LogP contribution in [-0.4, -0.2) is 9.36 Å². The molecule has 0 saturated heterocycles. The highest BCUT2D eigenvalue weighted by atomic mass is 127. The molecule has 0 aliphatic rings. The van der Waals surface area contributed by atoms with Gasteiger partial charge in [-0.2, -0.15) is 4.37 Å². The van der Waals surface area contributed by atoms with Crippen molar-refractivity contribution in [2.75, 3.05) is 0 Å². The number of pyridine rings is 1. The van der Waals surface area contributed by atoms with Crippen LogP contribution in [0, 0.1) is 3.57 Å². The van der Waals surface area contributed by atoms with Gasteiger partial charge in [0.25, 0.3) is 0 Å². The minimum atomic E-state index is 0.366. The lowest BCUT2D eigenvalue weighted by Crippen LogP contribution is -1.93. The van der Waals surface area contributed by atoms with E-state index in [2.05, 4.69) is 36.9 Å². The first-order valence-electron chi connectivity index (χ1n) is 3.64. The van der Waals surface area contributed by atoms with Crippen molar-refractivity contribution in [1.82, 2.24) is 9.36 Å². The van der Waals surface area contributed by atoms with Crippen molar-refractivity contribution >= 4 is 72.4 Å². The molecule has 0 bridgehead atoms. The summed E-state index contributed by atoms with van der Waals surface area (Å²) in [5, 5.41) is 0.768. The molecular formula is C7H2Cl2IN3S2. The van der Waals surface area contributed by atoms with E-state index in [1.165, 1.54) is 20.9 Å². The molecule has 0 saturated carbocycles. The first-order valence-corrected chi connectivity index (χ1v) is 7.58. The Morgan fingerprint density at radius 3 is 2.80 bits per heavy atom. The van der Waals surface area contributed by atoms with Crippen LogP contribution in [0.15, 0.2) is 17.3 Å². The minimum Gasteiger partial charge on any atom is -0.241 e. The first-order chi connectivity index (χ1) is 7.16. The highest BCUT2D eigenvalue weighted by molar-refractivity contribution is 14.1. The third-order valence-electron chi connectivity index (χ3n) is 1.42. The van der Waals surface area contributed by atoms with Gasteiger partial charge < -0.3 is 0 Å². The highest BCUT2D eigenvalue weighted by Crippen LogP contribution is 2.24. The summed E-state index contributed by atoms with van der Waals surface area (Å²) in [4.78, 5) is 8.29. The highest BCUT2D eigenvalue weighted by Gasteiger charge is 2.03. The summed E-state index contributed by atoms with van der Waals surface area (Å²) in [6, 6.07) is 1.84. The SMILES string of the molecule is Clc1ncc(I)cc1N=c1ssnc1Cl. The molecule has 0 unspecified atom stereocenters. The fourth-order valence-corrected chi connectivity index (χ4v) is 3.39. The van der Waals surface area contributed by atoms with Crippen LogP contribution in [0.1, 0.15) is 0 Å². The van der Waals surface area contributed by atoms with Crippen LogP contribution >= 0.6 is 66.7 Å². The second kappa shape index (κ2) is 5.05. The zero-order valence-electron chi connectivity index (χ0n) is 6.95. The van der Waals surface area contributed by atoms with Crippen LogP contribution in [0.5, 0.6) is 0 Å². The number of rotatable bonds is 1. The van der Waals surface area contributed by atoms with Crippen molar-refractivity contribution < 1.29 is 0 Å². The summed E-state index contributed by atoms with van der Waals surface area (Å²) < 4.78 is 5.56. The number of hydrogen-bond donors (Lipinski definition) is 0. The molecular weight excluding hydrogens is 388 g/mol. The third-order valence-corrected chi connectivity index (χ3v) is 4.47. The summed E-state index contributed by atoms with van der Waals surface area (Å²) in [7, 11) is 2.70. The van der Waals surface area contributed by atoms with Gasteiger partial charge in [-0.1, -0.05) is 23.2 Å². The van der Waals surface area contributed by atoms with Crippen LogP contribution in [0.4, 0.5) is 5.69 Å². The summed E-state index contributed by atoms with van der Waals surface area (Å²) in [6.07, 6.45) is 1.68. The van der Waals surface area contributed by atoms with Crippen LogP contribution in [0.3, 0.4) is 0 Å². The average molecular weight is 390 g/mol. The van der Waals surface area contributed by atoms with Gasteiger partial charge in [0.1, 0.15) is 5.69 Å². The van der Waals surface area contributed by atoms with Gasteiger partial charge in [-0.05, 0) is 39.0 Å². The normalized spacial score (nSPS) is 12.1. The van der Waals surface area contributed by atoms with E-state index in [1.807, 2.05) is 6.07 Å². The van der Waals surface area contributed by atoms with E-state index < -0.39 is 0 Å². The van der Waals surface area contributed by atoms with Crippen molar-refractivity contribution in [3.8, 4) is 0 Å². The molecule has 3 nitrogen and oxygen atoms in total. The molecule has 0 atom stereocenters. The van der Waals surface area contributed by atoms with Crippen molar-refractivity contribution in [2.45, 2.75) is 0 Å². The van der Waals surface area contributed by atoms with Gasteiger partial charge in [-0.15, -0.1) is 0 Å². The molecule has 0 radical (unpaired) electrons. The Labute approximate surface area is 117 Å². The number of hydrogen-bond acceptors (Lipinski definition) is 5. The summed E-state index contributed by atoms with van der Waals surface area (Å²) in [6.45, 7) is 0. The first kappa shape index (κ1) is 11.7. The Morgan fingerprint density at radius 2 is 2.13 bits per heavy atom. The summed E-state index contributed by atoms with van der Waals surface area (Å²) in [5.41, 5.74) is 0.613. The fraction of sp³-hybridized carbons (Fsp3) is 0. The van der Waals surface area contributed by atoms with E-state index in [-0.39, 0.29) is 0 Å². The second-order valence-corrected chi connectivity index (χ2v) is 6.21. The van der Waals surface area contributed by atoms with Gasteiger partial charge in [-0.25, -0.2) is 9.98 Å². The van der Waals surface area contributed by atoms with Crippen molar-refractivity contribution in [2.24, 2.45) is 4.99 Å². The van der Waals surface area contributed by atoms with Crippen LogP contribution in [0.2, 0.25) is 10.3 Å². The minimum absolute atomic E-state index is 0.366. The van der Waals surface area contributed by atoms with Gasteiger partial charge in [-0.3, -0.25) is 0 Å². The number of nitrogens with zero attached hydrogens (tertiary/aromatic N) is 3. The number of aromatic nitrogens is 2. The molecule has 2 aromatic rings. The predicted molar refractivity (Wildman–Crippen MR) is 72.2 cm³/mol. The lowest BCUT2D eigenvalue weighted by Gasteiger charge is -1.96. The van der Waals surface area contributed by atoms with E-state index in [0.29, 0.717) is 20.7 Å². The maximum atomic E-state index is 5.90. The predicted octanol–water partition coefficient (Wildman–Crippen LogP) is 3.74. The fourth-order valence-electron chi connectivity index (χ4n) is 0.825. The smallest absolute Gasteiger partial charge is 0.179 e. The maximum absolute atomic E-state index is 5.90. The Kier molecular flexibility index (Phi) is 3.94. The molecule has 0 fully saturated rings. The monoisotopic (exact) mass is 389 g/mol. The number of halogens is 3. The standard InChI is InChI=1S/C7H2Cl2IN3S2/c8-5-4(1-3(10)2-11-5)12-7-6(9)13-15-14-7/h1-2H. The van der Waals surface area contributed by atoms with Gasteiger partial charge in [0.05, 0.1) is 0 Å². The molecule has 0 aliphatic heterocycles. The Morgan fingerprint density at radius 1 is 1.33 bits per heavy atom. The molecule has 0 N–H and O–H groups in total. The van der Waals surface area contributed by atoms with Gasteiger partial charge in [0, 0.05) is 20.3 Å². The lowest BCUT2D eigenvalue weighted by atomic mass is 10.4. The van der Waals surface area contributed by atoms with Crippen LogP contribution in [0.25, 0.3) is 0 Å². The van der Waals surface area contributed by atoms with Gasteiger partial charge in [0.15, 0.2) is 15.0 Å². The molecule has 2 heterocycles. The molecule has 15 heavy (non-hydrogen) atoms. The van der Waals surface area contributed by atoms with E-state index in [4.69, 9.17) is 23.2 Å². The quantitative estimate of drug-likeness (QED) is 0.423. The zero-order chi connectivity index (χ0) is 10.8. The average Bonchev–Trinajstić information content (AvgIpc) is 2.58. The topological polar surface area (TPSA) is 38.1 Å². The zero-order valence-corrected chi connectivity index (χ0v) is 12.2. The van der Waals surface area contributed by atoms with Crippen molar-refractivity contribution in [3.63, 3.8) is 0 Å². The van der Waals surface area contributed by atoms with Gasteiger partial charge in [0.2, 0.25) is 0 Å². The molecule has 0 aliphatic carbocycles. The van der Waals surface area contributed by atoms with E-state index in [9.17, 15) is 0 Å². The van der Waals surface area contributed by atoms with E-state index in [1.54, 1.807) is 6.20 Å². The molecule has 0 amide bonds. The molecule has 0 aromatic carbocycles. The van der Waals surface area contributed by atoms with Crippen LogP contribution in [-0.2, 0) is 0 Å². The Hall–Kier alpha value is 0.240. The Balaban J connectivity index is 2.57. The summed E-state index contributed by atoms with van der Waals surface area (Å²) in [5.74, 6) is 0.